The highest BCUT2D eigenvalue weighted by atomic mass is 79.9. The van der Waals surface area contributed by atoms with Crippen LogP contribution in [0.3, 0.4) is 0 Å². The van der Waals surface area contributed by atoms with Crippen LogP contribution in [0.15, 0.2) is 34.8 Å². The molecule has 0 fully saturated rings. The van der Waals surface area contributed by atoms with E-state index in [-0.39, 0.29) is 5.38 Å². The van der Waals surface area contributed by atoms with Crippen molar-refractivity contribution in [1.82, 2.24) is 0 Å². The van der Waals surface area contributed by atoms with E-state index in [4.69, 9.17) is 23.2 Å². The van der Waals surface area contributed by atoms with Crippen molar-refractivity contribution >= 4 is 50.5 Å². The van der Waals surface area contributed by atoms with Gasteiger partial charge in [0.05, 0.1) is 9.71 Å². The fourth-order valence-electron chi connectivity index (χ4n) is 1.57. The second-order valence-electron chi connectivity index (χ2n) is 3.90. The maximum Gasteiger partial charge on any atom is 0.0960 e. The van der Waals surface area contributed by atoms with Gasteiger partial charge in [-0.1, -0.05) is 39.7 Å². The minimum Gasteiger partial charge on any atom is -0.127 e. The Balaban J connectivity index is 2.11. The van der Waals surface area contributed by atoms with Crippen LogP contribution in [-0.2, 0) is 6.42 Å². The Bertz CT molecular complexity index is 485. The van der Waals surface area contributed by atoms with Crippen molar-refractivity contribution in [1.29, 1.82) is 0 Å². The van der Waals surface area contributed by atoms with Crippen molar-refractivity contribution in [3.05, 3.63) is 55.1 Å². The average Bonchev–Trinajstić information content (AvgIpc) is 2.63. The number of hydrogen-bond acceptors (Lipinski definition) is 1. The van der Waals surface area contributed by atoms with Crippen LogP contribution in [0.5, 0.6) is 0 Å². The molecule has 1 unspecified atom stereocenters. The Labute approximate surface area is 124 Å². The van der Waals surface area contributed by atoms with Gasteiger partial charge in [-0.3, -0.25) is 0 Å². The molecule has 0 nitrogen and oxygen atoms in total. The second kappa shape index (κ2) is 5.75. The summed E-state index contributed by atoms with van der Waals surface area (Å²) in [7, 11) is 0. The van der Waals surface area contributed by atoms with Gasteiger partial charge in [0.25, 0.3) is 0 Å². The molecular weight excluding hydrogens is 339 g/mol. The Morgan fingerprint density at radius 1 is 1.29 bits per heavy atom. The Hall–Kier alpha value is -0.0200. The zero-order chi connectivity index (χ0) is 12.4. The quantitative estimate of drug-likeness (QED) is 0.596. The summed E-state index contributed by atoms with van der Waals surface area (Å²) in [6.07, 6.45) is 0.825. The highest BCUT2D eigenvalue weighted by Crippen LogP contribution is 2.35. The third-order valence-corrected chi connectivity index (χ3v) is 5.23. The van der Waals surface area contributed by atoms with Gasteiger partial charge in [-0.2, -0.15) is 0 Å². The van der Waals surface area contributed by atoms with E-state index in [9.17, 15) is 0 Å². The lowest BCUT2D eigenvalue weighted by Gasteiger charge is -2.07. The van der Waals surface area contributed by atoms with E-state index in [0.29, 0.717) is 0 Å². The smallest absolute Gasteiger partial charge is 0.0960 e. The molecule has 0 spiro atoms. The Morgan fingerprint density at radius 3 is 2.47 bits per heavy atom. The zero-order valence-corrected chi connectivity index (χ0v) is 13.1. The molecule has 1 aromatic heterocycles. The lowest BCUT2D eigenvalue weighted by Crippen LogP contribution is -1.93. The monoisotopic (exact) mass is 348 g/mol. The molecule has 1 aromatic carbocycles. The molecular formula is C13H11BrCl2S. The van der Waals surface area contributed by atoms with Crippen molar-refractivity contribution in [3.63, 3.8) is 0 Å². The van der Waals surface area contributed by atoms with E-state index in [0.717, 1.165) is 25.7 Å². The molecule has 0 saturated carbocycles. The number of aryl methyl sites for hydroxylation is 1. The topological polar surface area (TPSA) is 0 Å². The molecule has 90 valence electrons. The summed E-state index contributed by atoms with van der Waals surface area (Å²) in [6.45, 7) is 2.01. The predicted molar refractivity (Wildman–Crippen MR) is 80.5 cm³/mol. The fraction of sp³-hybridized carbons (Fsp3) is 0.231. The molecule has 2 aromatic rings. The van der Waals surface area contributed by atoms with E-state index < -0.39 is 0 Å². The SMILES string of the molecule is Cc1cc(C(Cl)Cc2ccc(Br)cc2)sc1Cl. The summed E-state index contributed by atoms with van der Waals surface area (Å²) in [4.78, 5) is 1.14. The van der Waals surface area contributed by atoms with Gasteiger partial charge in [-0.15, -0.1) is 22.9 Å². The summed E-state index contributed by atoms with van der Waals surface area (Å²) in [5.74, 6) is 0. The Kier molecular flexibility index (Phi) is 4.53. The summed E-state index contributed by atoms with van der Waals surface area (Å²) < 4.78 is 1.92. The molecule has 4 heteroatoms. The first-order chi connectivity index (χ1) is 8.06. The van der Waals surface area contributed by atoms with Crippen molar-refractivity contribution in [2.45, 2.75) is 18.7 Å². The number of benzene rings is 1. The van der Waals surface area contributed by atoms with Gasteiger partial charge >= 0.3 is 0 Å². The van der Waals surface area contributed by atoms with Crippen LogP contribution in [0.2, 0.25) is 4.34 Å². The molecule has 0 bridgehead atoms. The van der Waals surface area contributed by atoms with Crippen LogP contribution in [0.1, 0.15) is 21.4 Å². The van der Waals surface area contributed by atoms with Gasteiger partial charge in [0.2, 0.25) is 0 Å². The molecule has 0 saturated heterocycles. The van der Waals surface area contributed by atoms with Gasteiger partial charge in [0, 0.05) is 9.35 Å². The van der Waals surface area contributed by atoms with Gasteiger partial charge < -0.3 is 0 Å². The van der Waals surface area contributed by atoms with Crippen LogP contribution >= 0.6 is 50.5 Å². The molecule has 0 N–H and O–H groups in total. The first-order valence-electron chi connectivity index (χ1n) is 5.20. The first kappa shape index (κ1) is 13.4. The molecule has 1 atom stereocenters. The van der Waals surface area contributed by atoms with Crippen molar-refractivity contribution in [3.8, 4) is 0 Å². The maximum atomic E-state index is 6.41. The third-order valence-electron chi connectivity index (χ3n) is 2.51. The summed E-state index contributed by atoms with van der Waals surface area (Å²) in [6, 6.07) is 10.3. The molecule has 0 aliphatic heterocycles. The van der Waals surface area contributed by atoms with E-state index in [2.05, 4.69) is 34.1 Å². The molecule has 2 rings (SSSR count). The highest BCUT2D eigenvalue weighted by molar-refractivity contribution is 9.10. The maximum absolute atomic E-state index is 6.41. The standard InChI is InChI=1S/C13H11BrCl2S/c1-8-6-12(17-13(8)16)11(15)7-9-2-4-10(14)5-3-9/h2-6,11H,7H2,1H3. The summed E-state index contributed by atoms with van der Waals surface area (Å²) in [5, 5.41) is -0.00706. The van der Waals surface area contributed by atoms with Crippen LogP contribution in [0.4, 0.5) is 0 Å². The molecule has 0 aliphatic rings. The number of alkyl halides is 1. The number of hydrogen-bond donors (Lipinski definition) is 0. The van der Waals surface area contributed by atoms with Crippen LogP contribution in [-0.4, -0.2) is 0 Å². The van der Waals surface area contributed by atoms with E-state index >= 15 is 0 Å². The second-order valence-corrected chi connectivity index (χ2v) is 7.03. The minimum atomic E-state index is -0.00706. The first-order valence-corrected chi connectivity index (χ1v) is 7.63. The van der Waals surface area contributed by atoms with Crippen molar-refractivity contribution < 1.29 is 0 Å². The molecule has 17 heavy (non-hydrogen) atoms. The van der Waals surface area contributed by atoms with Crippen LogP contribution in [0, 0.1) is 6.92 Å². The lowest BCUT2D eigenvalue weighted by molar-refractivity contribution is 0.939. The fourth-order valence-corrected chi connectivity index (χ4v) is 3.40. The summed E-state index contributed by atoms with van der Waals surface area (Å²) in [5.41, 5.74) is 2.34. The predicted octanol–water partition coefficient (Wildman–Crippen LogP) is 6.00. The van der Waals surface area contributed by atoms with Gasteiger partial charge in [-0.05, 0) is 42.7 Å². The normalized spacial score (nSPS) is 12.7. The minimum absolute atomic E-state index is 0.00706. The molecule has 1 heterocycles. The molecule has 0 aliphatic carbocycles. The van der Waals surface area contributed by atoms with Crippen molar-refractivity contribution in [2.24, 2.45) is 0 Å². The summed E-state index contributed by atoms with van der Waals surface area (Å²) >= 11 is 17.4. The average molecular weight is 350 g/mol. The lowest BCUT2D eigenvalue weighted by atomic mass is 10.1. The van der Waals surface area contributed by atoms with Gasteiger partial charge in [0.1, 0.15) is 0 Å². The van der Waals surface area contributed by atoms with E-state index in [1.807, 2.05) is 19.1 Å². The zero-order valence-electron chi connectivity index (χ0n) is 9.21. The molecule has 0 amide bonds. The largest absolute Gasteiger partial charge is 0.127 e. The number of rotatable bonds is 3. The third kappa shape index (κ3) is 3.47. The van der Waals surface area contributed by atoms with Crippen LogP contribution < -0.4 is 0 Å². The van der Waals surface area contributed by atoms with Crippen molar-refractivity contribution in [2.75, 3.05) is 0 Å². The number of halogens is 3. The Morgan fingerprint density at radius 2 is 1.94 bits per heavy atom. The number of thiophene rings is 1. The van der Waals surface area contributed by atoms with E-state index in [1.165, 1.54) is 5.56 Å². The van der Waals surface area contributed by atoms with Crippen LogP contribution in [0.25, 0.3) is 0 Å². The highest BCUT2D eigenvalue weighted by Gasteiger charge is 2.13. The van der Waals surface area contributed by atoms with Gasteiger partial charge in [-0.25, -0.2) is 0 Å². The van der Waals surface area contributed by atoms with E-state index in [1.54, 1.807) is 11.3 Å². The molecule has 0 radical (unpaired) electrons. The van der Waals surface area contributed by atoms with Gasteiger partial charge in [0.15, 0.2) is 0 Å².